The zero-order valence-corrected chi connectivity index (χ0v) is 10.7. The molecule has 2 saturated heterocycles. The van der Waals surface area contributed by atoms with Gasteiger partial charge < -0.3 is 15.0 Å². The number of ether oxygens (including phenoxy) is 1. The molecule has 2 fully saturated rings. The Balaban J connectivity index is 2.00. The van der Waals surface area contributed by atoms with Gasteiger partial charge in [0.1, 0.15) is 0 Å². The Labute approximate surface area is 110 Å². The zero-order valence-electron chi connectivity index (χ0n) is 10.7. The fraction of sp³-hybridized carbons (Fsp3) is 0.583. The minimum Gasteiger partial charge on any atom is -0.481 e. The number of methoxy groups -OCH3 is 1. The second kappa shape index (κ2) is 4.65. The largest absolute Gasteiger partial charge is 0.481 e. The van der Waals surface area contributed by atoms with Crippen molar-refractivity contribution in [2.24, 2.45) is 5.92 Å². The fourth-order valence-electron chi connectivity index (χ4n) is 3.00. The number of hydrogen-bond donors (Lipinski definition) is 1. The summed E-state index contributed by atoms with van der Waals surface area (Å²) in [5.74, 6) is 1.41. The summed E-state index contributed by atoms with van der Waals surface area (Å²) in [6.45, 7) is 2.66. The molecular weight excluding hydrogens is 248 g/mol. The summed E-state index contributed by atoms with van der Waals surface area (Å²) in [4.78, 5) is 17.1. The molecule has 0 unspecified atom stereocenters. The van der Waals surface area contributed by atoms with Gasteiger partial charge in [-0.1, -0.05) is 0 Å². The van der Waals surface area contributed by atoms with Crippen LogP contribution in [0.15, 0.2) is 12.1 Å². The van der Waals surface area contributed by atoms with Gasteiger partial charge in [0.2, 0.25) is 11.7 Å². The Morgan fingerprint density at radius 3 is 3.11 bits per heavy atom. The van der Waals surface area contributed by atoms with Crippen molar-refractivity contribution in [1.29, 1.82) is 0 Å². The zero-order chi connectivity index (χ0) is 13.4. The average Bonchev–Trinajstić information content (AvgIpc) is 3.00. The number of fused-ring (bicyclic) bond motifs is 1. The molecule has 0 saturated carbocycles. The average molecular weight is 264 g/mol. The summed E-state index contributed by atoms with van der Waals surface area (Å²) >= 11 is 0. The molecule has 0 spiro atoms. The summed E-state index contributed by atoms with van der Waals surface area (Å²) in [7, 11) is 1.52. The predicted octanol–water partition coefficient (Wildman–Crippen LogP) is 0.796. The van der Waals surface area contributed by atoms with Crippen LogP contribution in [0.5, 0.6) is 5.88 Å². The molecule has 0 amide bonds. The second-order valence-corrected chi connectivity index (χ2v) is 4.92. The van der Waals surface area contributed by atoms with Gasteiger partial charge in [-0.3, -0.25) is 10.1 Å². The summed E-state index contributed by atoms with van der Waals surface area (Å²) < 4.78 is 5.08. The van der Waals surface area contributed by atoms with Crippen LogP contribution in [0.25, 0.3) is 0 Å². The van der Waals surface area contributed by atoms with E-state index in [1.54, 1.807) is 0 Å². The maximum atomic E-state index is 11.2. The molecular formula is C12H16N4O3. The smallest absolute Gasteiger partial charge is 0.311 e. The Bertz CT molecular complexity index is 508. The van der Waals surface area contributed by atoms with Gasteiger partial charge in [-0.05, 0) is 12.3 Å². The Morgan fingerprint density at radius 2 is 2.37 bits per heavy atom. The highest BCUT2D eigenvalue weighted by Gasteiger charge is 2.40. The number of hydrogen-bond acceptors (Lipinski definition) is 6. The van der Waals surface area contributed by atoms with Crippen molar-refractivity contribution >= 4 is 11.5 Å². The molecule has 19 heavy (non-hydrogen) atoms. The first-order chi connectivity index (χ1) is 9.20. The van der Waals surface area contributed by atoms with Crippen LogP contribution in [0.2, 0.25) is 0 Å². The quantitative estimate of drug-likeness (QED) is 0.642. The highest BCUT2D eigenvalue weighted by Crippen LogP contribution is 2.36. The third-order valence-corrected chi connectivity index (χ3v) is 3.95. The number of nitro groups is 1. The maximum absolute atomic E-state index is 11.2. The standard InChI is InChI=1S/C12H16N4O3/c1-19-11-3-2-9(16(17)18)12(14-11)15-5-4-8-6-13-7-10(8)15/h2-3,8,10,13H,4-7H2,1H3/t8-,10+/m0/s1. The molecule has 1 aromatic rings. The molecule has 1 aromatic heterocycles. The van der Waals surface area contributed by atoms with Crippen molar-refractivity contribution in [1.82, 2.24) is 10.3 Å². The normalized spacial score (nSPS) is 25.4. The van der Waals surface area contributed by atoms with E-state index in [0.717, 1.165) is 26.1 Å². The molecule has 2 aliphatic rings. The van der Waals surface area contributed by atoms with Gasteiger partial charge in [-0.25, -0.2) is 0 Å². The van der Waals surface area contributed by atoms with Crippen LogP contribution >= 0.6 is 0 Å². The Morgan fingerprint density at radius 1 is 1.53 bits per heavy atom. The lowest BCUT2D eigenvalue weighted by molar-refractivity contribution is -0.384. The lowest BCUT2D eigenvalue weighted by atomic mass is 10.1. The number of aromatic nitrogens is 1. The monoisotopic (exact) mass is 264 g/mol. The van der Waals surface area contributed by atoms with E-state index in [1.807, 2.05) is 4.90 Å². The van der Waals surface area contributed by atoms with Gasteiger partial charge in [0.25, 0.3) is 0 Å². The molecule has 0 aliphatic carbocycles. The molecule has 1 N–H and O–H groups in total. The van der Waals surface area contributed by atoms with E-state index in [1.165, 1.54) is 19.2 Å². The summed E-state index contributed by atoms with van der Waals surface area (Å²) in [5, 5.41) is 14.5. The van der Waals surface area contributed by atoms with Gasteiger partial charge in [-0.15, -0.1) is 0 Å². The Hall–Kier alpha value is -1.89. The Kier molecular flexibility index (Phi) is 2.98. The van der Waals surface area contributed by atoms with E-state index in [0.29, 0.717) is 23.7 Å². The molecule has 0 radical (unpaired) electrons. The van der Waals surface area contributed by atoms with E-state index in [2.05, 4.69) is 10.3 Å². The van der Waals surface area contributed by atoms with Gasteiger partial charge in [-0.2, -0.15) is 4.98 Å². The van der Waals surface area contributed by atoms with Crippen molar-refractivity contribution in [3.63, 3.8) is 0 Å². The van der Waals surface area contributed by atoms with Crippen LogP contribution < -0.4 is 15.0 Å². The van der Waals surface area contributed by atoms with E-state index in [4.69, 9.17) is 4.74 Å². The molecule has 0 aromatic carbocycles. The third-order valence-electron chi connectivity index (χ3n) is 3.95. The third kappa shape index (κ3) is 1.99. The first-order valence-corrected chi connectivity index (χ1v) is 6.37. The molecule has 3 rings (SSSR count). The van der Waals surface area contributed by atoms with Crippen LogP contribution in [-0.2, 0) is 0 Å². The predicted molar refractivity (Wildman–Crippen MR) is 69.6 cm³/mol. The number of pyridine rings is 1. The van der Waals surface area contributed by atoms with E-state index in [-0.39, 0.29) is 10.6 Å². The lowest BCUT2D eigenvalue weighted by Gasteiger charge is -2.24. The van der Waals surface area contributed by atoms with Crippen LogP contribution in [0.3, 0.4) is 0 Å². The van der Waals surface area contributed by atoms with Crippen LogP contribution in [0, 0.1) is 16.0 Å². The highest BCUT2D eigenvalue weighted by molar-refractivity contribution is 5.60. The maximum Gasteiger partial charge on any atom is 0.311 e. The van der Waals surface area contributed by atoms with Crippen LogP contribution in [-0.4, -0.2) is 42.7 Å². The summed E-state index contributed by atoms with van der Waals surface area (Å²) in [5.41, 5.74) is 0.0494. The topological polar surface area (TPSA) is 80.5 Å². The number of nitrogens with zero attached hydrogens (tertiary/aromatic N) is 3. The lowest BCUT2D eigenvalue weighted by Crippen LogP contribution is -2.35. The molecule has 2 aliphatic heterocycles. The van der Waals surface area contributed by atoms with Crippen molar-refractivity contribution in [2.75, 3.05) is 31.6 Å². The van der Waals surface area contributed by atoms with E-state index < -0.39 is 0 Å². The molecule has 7 heteroatoms. The molecule has 2 atom stereocenters. The minimum absolute atomic E-state index is 0.0494. The number of nitrogens with one attached hydrogen (secondary N) is 1. The van der Waals surface area contributed by atoms with E-state index >= 15 is 0 Å². The van der Waals surface area contributed by atoms with Crippen molar-refractivity contribution < 1.29 is 9.66 Å². The van der Waals surface area contributed by atoms with E-state index in [9.17, 15) is 10.1 Å². The minimum atomic E-state index is -0.377. The van der Waals surface area contributed by atoms with Crippen molar-refractivity contribution in [3.05, 3.63) is 22.2 Å². The SMILES string of the molecule is COc1ccc([N+](=O)[O-])c(N2CC[C@H]3CNC[C@H]32)n1. The molecule has 0 bridgehead atoms. The van der Waals surface area contributed by atoms with Crippen molar-refractivity contribution in [2.45, 2.75) is 12.5 Å². The van der Waals surface area contributed by atoms with Gasteiger partial charge in [0.15, 0.2) is 0 Å². The van der Waals surface area contributed by atoms with Crippen molar-refractivity contribution in [3.8, 4) is 5.88 Å². The van der Waals surface area contributed by atoms with Gasteiger partial charge in [0, 0.05) is 37.8 Å². The fourth-order valence-corrected chi connectivity index (χ4v) is 3.00. The van der Waals surface area contributed by atoms with Crippen LogP contribution in [0.4, 0.5) is 11.5 Å². The first-order valence-electron chi connectivity index (χ1n) is 6.37. The highest BCUT2D eigenvalue weighted by atomic mass is 16.6. The van der Waals surface area contributed by atoms with Crippen LogP contribution in [0.1, 0.15) is 6.42 Å². The molecule has 102 valence electrons. The van der Waals surface area contributed by atoms with Gasteiger partial charge >= 0.3 is 5.69 Å². The first kappa shape index (κ1) is 12.2. The van der Waals surface area contributed by atoms with Gasteiger partial charge in [0.05, 0.1) is 12.0 Å². The number of anilines is 1. The second-order valence-electron chi connectivity index (χ2n) is 4.92. The summed E-state index contributed by atoms with van der Waals surface area (Å²) in [6.07, 6.45) is 1.05. The summed E-state index contributed by atoms with van der Waals surface area (Å²) in [6, 6.07) is 3.30. The number of rotatable bonds is 3. The molecule has 7 nitrogen and oxygen atoms in total. The molecule has 3 heterocycles.